The summed E-state index contributed by atoms with van der Waals surface area (Å²) in [7, 11) is 2.09. The minimum absolute atomic E-state index is 0.759. The third-order valence-electron chi connectivity index (χ3n) is 1.93. The molecule has 13 heavy (non-hydrogen) atoms. The Morgan fingerprint density at radius 1 is 1.46 bits per heavy atom. The van der Waals surface area contributed by atoms with Gasteiger partial charge in [-0.05, 0) is 38.6 Å². The first-order chi connectivity index (χ1) is 6.33. The molecular weight excluding hydrogens is 186 g/mol. The van der Waals surface area contributed by atoms with Gasteiger partial charge in [-0.15, -0.1) is 11.6 Å². The maximum absolute atomic E-state index is 5.59. The van der Waals surface area contributed by atoms with Crippen molar-refractivity contribution in [2.24, 2.45) is 0 Å². The van der Waals surface area contributed by atoms with Gasteiger partial charge >= 0.3 is 0 Å². The number of hydrogen-bond acceptors (Lipinski definition) is 2. The molecule has 0 amide bonds. The third kappa shape index (κ3) is 4.34. The summed E-state index contributed by atoms with van der Waals surface area (Å²) in [4.78, 5) is 2.24. The predicted molar refractivity (Wildman–Crippen MR) is 55.0 cm³/mol. The Morgan fingerprint density at radius 3 is 2.92 bits per heavy atom. The second-order valence-corrected chi connectivity index (χ2v) is 3.59. The molecule has 1 heterocycles. The fraction of sp³-hybridized carbons (Fsp3) is 0.600. The molecule has 0 atom stereocenters. The molecule has 0 spiro atoms. The van der Waals surface area contributed by atoms with Gasteiger partial charge in [0.25, 0.3) is 0 Å². The van der Waals surface area contributed by atoms with Crippen LogP contribution in [0, 0.1) is 0 Å². The average Bonchev–Trinajstić information content (AvgIpc) is 2.57. The minimum Gasteiger partial charge on any atom is -0.468 e. The molecule has 0 aliphatic rings. The topological polar surface area (TPSA) is 16.4 Å². The Labute approximate surface area is 84.5 Å². The minimum atomic E-state index is 0.759. The zero-order valence-corrected chi connectivity index (χ0v) is 8.76. The van der Waals surface area contributed by atoms with E-state index in [0.717, 1.165) is 37.6 Å². The molecule has 0 saturated carbocycles. The fourth-order valence-corrected chi connectivity index (χ4v) is 1.41. The molecule has 0 bridgehead atoms. The highest BCUT2D eigenvalue weighted by Crippen LogP contribution is 2.04. The van der Waals surface area contributed by atoms with Gasteiger partial charge in [0.2, 0.25) is 0 Å². The van der Waals surface area contributed by atoms with Crippen molar-refractivity contribution in [2.45, 2.75) is 19.4 Å². The van der Waals surface area contributed by atoms with Gasteiger partial charge < -0.3 is 4.42 Å². The van der Waals surface area contributed by atoms with Crippen LogP contribution in [0.25, 0.3) is 0 Å². The Hall–Kier alpha value is -0.470. The Morgan fingerprint density at radius 2 is 2.31 bits per heavy atom. The molecule has 0 aromatic carbocycles. The van der Waals surface area contributed by atoms with Crippen molar-refractivity contribution in [3.8, 4) is 0 Å². The summed E-state index contributed by atoms with van der Waals surface area (Å²) >= 11 is 5.59. The highest BCUT2D eigenvalue weighted by Gasteiger charge is 2.01. The van der Waals surface area contributed by atoms with Gasteiger partial charge in [-0.3, -0.25) is 4.90 Å². The second kappa shape index (κ2) is 6.06. The molecule has 2 nitrogen and oxygen atoms in total. The number of rotatable bonds is 6. The number of nitrogens with zero attached hydrogens (tertiary/aromatic N) is 1. The molecule has 0 N–H and O–H groups in total. The van der Waals surface area contributed by atoms with Crippen LogP contribution in [-0.4, -0.2) is 24.4 Å². The van der Waals surface area contributed by atoms with Gasteiger partial charge in [0.1, 0.15) is 5.76 Å². The molecule has 0 fully saturated rings. The molecule has 1 aromatic rings. The average molecular weight is 202 g/mol. The summed E-state index contributed by atoms with van der Waals surface area (Å²) in [6.07, 6.45) is 3.95. The van der Waals surface area contributed by atoms with E-state index in [1.807, 2.05) is 12.1 Å². The molecular formula is C10H16ClNO. The SMILES string of the molecule is CN(CCCCCl)Cc1ccco1. The maximum atomic E-state index is 5.59. The molecule has 0 saturated heterocycles. The first-order valence-corrected chi connectivity index (χ1v) is 5.13. The lowest BCUT2D eigenvalue weighted by Gasteiger charge is -2.13. The first kappa shape index (κ1) is 10.6. The molecule has 1 rings (SSSR count). The Kier molecular flexibility index (Phi) is 4.94. The summed E-state index contributed by atoms with van der Waals surface area (Å²) < 4.78 is 5.24. The van der Waals surface area contributed by atoms with Crippen molar-refractivity contribution in [2.75, 3.05) is 19.5 Å². The lowest BCUT2D eigenvalue weighted by atomic mass is 10.3. The monoisotopic (exact) mass is 201 g/mol. The van der Waals surface area contributed by atoms with Crippen molar-refractivity contribution in [1.29, 1.82) is 0 Å². The number of hydrogen-bond donors (Lipinski definition) is 0. The van der Waals surface area contributed by atoms with Gasteiger partial charge in [0, 0.05) is 5.88 Å². The lowest BCUT2D eigenvalue weighted by Crippen LogP contribution is -2.18. The van der Waals surface area contributed by atoms with Crippen molar-refractivity contribution in [3.05, 3.63) is 24.2 Å². The van der Waals surface area contributed by atoms with Crippen LogP contribution in [0.3, 0.4) is 0 Å². The van der Waals surface area contributed by atoms with E-state index in [2.05, 4.69) is 11.9 Å². The number of halogens is 1. The first-order valence-electron chi connectivity index (χ1n) is 4.60. The van der Waals surface area contributed by atoms with E-state index in [0.29, 0.717) is 0 Å². The number of unbranched alkanes of at least 4 members (excludes halogenated alkanes) is 1. The third-order valence-corrected chi connectivity index (χ3v) is 2.20. The quantitative estimate of drug-likeness (QED) is 0.520. The van der Waals surface area contributed by atoms with E-state index >= 15 is 0 Å². The highest BCUT2D eigenvalue weighted by molar-refractivity contribution is 6.17. The molecule has 3 heteroatoms. The summed E-state index contributed by atoms with van der Waals surface area (Å²) in [6, 6.07) is 3.92. The normalized spacial score (nSPS) is 11.0. The van der Waals surface area contributed by atoms with Gasteiger partial charge in [-0.2, -0.15) is 0 Å². The van der Waals surface area contributed by atoms with Crippen LogP contribution in [0.15, 0.2) is 22.8 Å². The summed E-state index contributed by atoms with van der Waals surface area (Å²) in [6.45, 7) is 1.96. The van der Waals surface area contributed by atoms with E-state index in [4.69, 9.17) is 16.0 Å². The lowest BCUT2D eigenvalue weighted by molar-refractivity contribution is 0.291. The number of furan rings is 1. The van der Waals surface area contributed by atoms with Crippen LogP contribution in [0.2, 0.25) is 0 Å². The molecule has 74 valence electrons. The van der Waals surface area contributed by atoms with Crippen molar-refractivity contribution >= 4 is 11.6 Å². The van der Waals surface area contributed by atoms with E-state index in [-0.39, 0.29) is 0 Å². The summed E-state index contributed by atoms with van der Waals surface area (Å²) in [5, 5.41) is 0. The zero-order valence-electron chi connectivity index (χ0n) is 8.00. The van der Waals surface area contributed by atoms with Crippen LogP contribution in [-0.2, 0) is 6.54 Å². The summed E-state index contributed by atoms with van der Waals surface area (Å²) in [5.74, 6) is 1.78. The van der Waals surface area contributed by atoms with Gasteiger partial charge in [-0.1, -0.05) is 0 Å². The predicted octanol–water partition coefficient (Wildman–Crippen LogP) is 2.73. The molecule has 0 aliphatic heterocycles. The fourth-order valence-electron chi connectivity index (χ4n) is 1.22. The van der Waals surface area contributed by atoms with E-state index in [1.165, 1.54) is 0 Å². The molecule has 0 aliphatic carbocycles. The van der Waals surface area contributed by atoms with Gasteiger partial charge in [-0.25, -0.2) is 0 Å². The van der Waals surface area contributed by atoms with Crippen molar-refractivity contribution in [1.82, 2.24) is 4.90 Å². The van der Waals surface area contributed by atoms with Crippen LogP contribution in [0.4, 0.5) is 0 Å². The Balaban J connectivity index is 2.14. The van der Waals surface area contributed by atoms with E-state index in [1.54, 1.807) is 6.26 Å². The van der Waals surface area contributed by atoms with Crippen LogP contribution < -0.4 is 0 Å². The second-order valence-electron chi connectivity index (χ2n) is 3.21. The van der Waals surface area contributed by atoms with E-state index in [9.17, 15) is 0 Å². The highest BCUT2D eigenvalue weighted by atomic mass is 35.5. The van der Waals surface area contributed by atoms with Crippen molar-refractivity contribution in [3.63, 3.8) is 0 Å². The smallest absolute Gasteiger partial charge is 0.117 e. The van der Waals surface area contributed by atoms with Crippen LogP contribution in [0.1, 0.15) is 18.6 Å². The van der Waals surface area contributed by atoms with E-state index < -0.39 is 0 Å². The van der Waals surface area contributed by atoms with Crippen molar-refractivity contribution < 1.29 is 4.42 Å². The molecule has 1 aromatic heterocycles. The van der Waals surface area contributed by atoms with Gasteiger partial charge in [0.05, 0.1) is 12.8 Å². The maximum Gasteiger partial charge on any atom is 0.117 e. The largest absolute Gasteiger partial charge is 0.468 e. The molecule has 0 unspecified atom stereocenters. The molecule has 0 radical (unpaired) electrons. The standard InChI is InChI=1S/C10H16ClNO/c1-12(7-3-2-6-11)9-10-5-4-8-13-10/h4-5,8H,2-3,6-7,9H2,1H3. The van der Waals surface area contributed by atoms with Crippen LogP contribution in [0.5, 0.6) is 0 Å². The number of alkyl halides is 1. The van der Waals surface area contributed by atoms with Crippen LogP contribution >= 0.6 is 11.6 Å². The Bertz CT molecular complexity index is 211. The summed E-state index contributed by atoms with van der Waals surface area (Å²) in [5.41, 5.74) is 0. The van der Waals surface area contributed by atoms with Gasteiger partial charge in [0.15, 0.2) is 0 Å². The zero-order chi connectivity index (χ0) is 9.52.